The van der Waals surface area contributed by atoms with Crippen molar-refractivity contribution in [1.29, 1.82) is 0 Å². The number of hydrogen-bond donors (Lipinski definition) is 1. The Hall–Kier alpha value is -1.00. The number of piperidine rings is 1. The molecule has 1 saturated carbocycles. The summed E-state index contributed by atoms with van der Waals surface area (Å²) in [6.07, 6.45) is -0.0955. The van der Waals surface area contributed by atoms with E-state index in [4.69, 9.17) is 9.84 Å². The molecule has 0 radical (unpaired) electrons. The predicted octanol–water partition coefficient (Wildman–Crippen LogP) is 1.59. The van der Waals surface area contributed by atoms with Crippen LogP contribution in [0.1, 0.15) is 32.1 Å². The first-order chi connectivity index (χ1) is 11.5. The highest BCUT2D eigenvalue weighted by atomic mass is 32.2. The van der Waals surface area contributed by atoms with Gasteiger partial charge in [0.1, 0.15) is 0 Å². The van der Waals surface area contributed by atoms with E-state index in [1.165, 1.54) is 16.3 Å². The maximum absolute atomic E-state index is 12.9. The monoisotopic (exact) mass is 382 g/mol. The van der Waals surface area contributed by atoms with Crippen molar-refractivity contribution in [3.05, 3.63) is 0 Å². The number of carbonyl (C=O) groups is 1. The minimum absolute atomic E-state index is 0.254. The number of sulfonamides is 1. The van der Waals surface area contributed by atoms with E-state index in [9.17, 15) is 22.0 Å². The highest BCUT2D eigenvalue weighted by Crippen LogP contribution is 2.44. The van der Waals surface area contributed by atoms with Crippen LogP contribution in [0.3, 0.4) is 0 Å². The molecule has 10 heteroatoms. The van der Waals surface area contributed by atoms with Crippen molar-refractivity contribution >= 4 is 16.1 Å². The number of nitrogens with zero attached hydrogens (tertiary/aromatic N) is 2. The molecule has 3 fully saturated rings. The number of alkyl halides is 2. The molecule has 2 aliphatic heterocycles. The average Bonchev–Trinajstić information content (AvgIpc) is 2.88. The molecule has 0 unspecified atom stereocenters. The average molecular weight is 382 g/mol. The zero-order valence-electron chi connectivity index (χ0n) is 14.2. The third-order valence-electron chi connectivity index (χ3n) is 5.71. The summed E-state index contributed by atoms with van der Waals surface area (Å²) in [5, 5.41) is 9.01. The number of likely N-dealkylation sites (N-methyl/N-ethyl adjacent to an activating group) is 1. The lowest BCUT2D eigenvalue weighted by molar-refractivity contribution is -0.103. The number of halogens is 2. The van der Waals surface area contributed by atoms with Gasteiger partial charge in [-0.15, -0.1) is 0 Å². The van der Waals surface area contributed by atoms with Gasteiger partial charge < -0.3 is 14.7 Å². The van der Waals surface area contributed by atoms with Crippen molar-refractivity contribution < 1.29 is 31.8 Å². The Labute approximate surface area is 146 Å². The van der Waals surface area contributed by atoms with Crippen LogP contribution in [0, 0.1) is 5.92 Å². The normalized spacial score (nSPS) is 29.1. The molecule has 0 aromatic heterocycles. The SMILES string of the molecule is CN([C@H]1COC2(CCN(C(=O)O)CC2)C1)S(=O)(=O)CC1CC(F)(F)C1. The highest BCUT2D eigenvalue weighted by Gasteiger charge is 2.49. The summed E-state index contributed by atoms with van der Waals surface area (Å²) in [5.74, 6) is -3.47. The zero-order chi connectivity index (χ0) is 18.5. The molecule has 0 bridgehead atoms. The van der Waals surface area contributed by atoms with Gasteiger partial charge in [0, 0.05) is 33.0 Å². The van der Waals surface area contributed by atoms with Crippen LogP contribution in [0.15, 0.2) is 0 Å². The van der Waals surface area contributed by atoms with Crippen LogP contribution in [-0.2, 0) is 14.8 Å². The zero-order valence-corrected chi connectivity index (χ0v) is 15.0. The minimum atomic E-state index is -3.62. The molecule has 1 spiro atoms. The maximum atomic E-state index is 12.9. The summed E-state index contributed by atoms with van der Waals surface area (Å²) >= 11 is 0. The van der Waals surface area contributed by atoms with Crippen LogP contribution in [0.2, 0.25) is 0 Å². The third kappa shape index (κ3) is 3.90. The van der Waals surface area contributed by atoms with Crippen molar-refractivity contribution in [3.63, 3.8) is 0 Å². The Kier molecular flexibility index (Phi) is 4.74. The predicted molar refractivity (Wildman–Crippen MR) is 85.1 cm³/mol. The second-order valence-corrected chi connectivity index (χ2v) is 9.62. The molecule has 1 aliphatic carbocycles. The molecular formula is C15H24F2N2O5S. The molecule has 1 N–H and O–H groups in total. The van der Waals surface area contributed by atoms with Crippen LogP contribution in [-0.4, -0.2) is 78.9 Å². The largest absolute Gasteiger partial charge is 0.465 e. The van der Waals surface area contributed by atoms with Gasteiger partial charge in [-0.3, -0.25) is 0 Å². The van der Waals surface area contributed by atoms with Crippen molar-refractivity contribution in [2.24, 2.45) is 5.92 Å². The highest BCUT2D eigenvalue weighted by molar-refractivity contribution is 7.89. The maximum Gasteiger partial charge on any atom is 0.407 e. The summed E-state index contributed by atoms with van der Waals surface area (Å²) in [6.45, 7) is 0.995. The number of likely N-dealkylation sites (tertiary alicyclic amines) is 1. The van der Waals surface area contributed by atoms with E-state index in [1.54, 1.807) is 0 Å². The van der Waals surface area contributed by atoms with Gasteiger partial charge >= 0.3 is 6.09 Å². The van der Waals surface area contributed by atoms with E-state index in [0.717, 1.165) is 0 Å². The van der Waals surface area contributed by atoms with Gasteiger partial charge in [-0.2, -0.15) is 4.31 Å². The van der Waals surface area contributed by atoms with Crippen molar-refractivity contribution in [2.45, 2.75) is 49.7 Å². The fraction of sp³-hybridized carbons (Fsp3) is 0.933. The summed E-state index contributed by atoms with van der Waals surface area (Å²) < 4.78 is 57.9. The molecule has 1 atom stereocenters. The van der Waals surface area contributed by atoms with Gasteiger partial charge in [0.05, 0.1) is 24.0 Å². The standard InChI is InChI=1S/C15H24F2N2O5S/c1-18(25(22,23)10-11-6-15(16,17)7-11)12-8-14(24-9-12)2-4-19(5-3-14)13(20)21/h11-12H,2-10H2,1H3,(H,20,21)/t12-/m1/s1. The number of amides is 1. The second-order valence-electron chi connectivity index (χ2n) is 7.55. The molecular weight excluding hydrogens is 358 g/mol. The first-order valence-electron chi connectivity index (χ1n) is 8.47. The topological polar surface area (TPSA) is 87.2 Å². The molecule has 3 rings (SSSR count). The van der Waals surface area contributed by atoms with E-state index in [-0.39, 0.29) is 31.2 Å². The number of ether oxygens (including phenoxy) is 1. The summed E-state index contributed by atoms with van der Waals surface area (Å²) in [6, 6.07) is -0.332. The Morgan fingerprint density at radius 3 is 2.40 bits per heavy atom. The fourth-order valence-corrected chi connectivity index (χ4v) is 5.71. The molecule has 0 aromatic carbocycles. The summed E-state index contributed by atoms with van der Waals surface area (Å²) in [4.78, 5) is 12.3. The van der Waals surface area contributed by atoms with Crippen LogP contribution < -0.4 is 0 Å². The van der Waals surface area contributed by atoms with Crippen LogP contribution in [0.4, 0.5) is 13.6 Å². The lowest BCUT2D eigenvalue weighted by Crippen LogP contribution is -2.47. The summed E-state index contributed by atoms with van der Waals surface area (Å²) in [5.41, 5.74) is -0.482. The van der Waals surface area contributed by atoms with Crippen LogP contribution >= 0.6 is 0 Å². The van der Waals surface area contributed by atoms with Gasteiger partial charge in [-0.1, -0.05) is 0 Å². The van der Waals surface area contributed by atoms with Crippen LogP contribution in [0.5, 0.6) is 0 Å². The van der Waals surface area contributed by atoms with Crippen molar-refractivity contribution in [1.82, 2.24) is 9.21 Å². The lowest BCUT2D eigenvalue weighted by atomic mass is 9.83. The molecule has 2 heterocycles. The Morgan fingerprint density at radius 1 is 1.28 bits per heavy atom. The van der Waals surface area contributed by atoms with Gasteiger partial charge in [0.25, 0.3) is 0 Å². The first kappa shape index (κ1) is 18.8. The van der Waals surface area contributed by atoms with Gasteiger partial charge in [-0.05, 0) is 25.2 Å². The number of carboxylic acid groups (broad SMARTS) is 1. The lowest BCUT2D eigenvalue weighted by Gasteiger charge is -2.38. The number of rotatable bonds is 4. The molecule has 7 nitrogen and oxygen atoms in total. The van der Waals surface area contributed by atoms with Crippen molar-refractivity contribution in [2.75, 3.05) is 32.5 Å². The van der Waals surface area contributed by atoms with Gasteiger partial charge in [-0.25, -0.2) is 22.0 Å². The quantitative estimate of drug-likeness (QED) is 0.798. The molecule has 3 aliphatic rings. The van der Waals surface area contributed by atoms with E-state index < -0.39 is 33.6 Å². The second kappa shape index (κ2) is 6.31. The Bertz CT molecular complexity index is 626. The van der Waals surface area contributed by atoms with E-state index in [1.807, 2.05) is 0 Å². The molecule has 25 heavy (non-hydrogen) atoms. The smallest absolute Gasteiger partial charge is 0.407 e. The molecule has 2 saturated heterocycles. The fourth-order valence-electron chi connectivity index (χ4n) is 4.05. The first-order valence-corrected chi connectivity index (χ1v) is 10.1. The number of hydrogen-bond acceptors (Lipinski definition) is 4. The van der Waals surface area contributed by atoms with Gasteiger partial charge in [0.2, 0.25) is 15.9 Å². The molecule has 1 amide bonds. The van der Waals surface area contributed by atoms with E-state index in [0.29, 0.717) is 32.4 Å². The Balaban J connectivity index is 1.55. The summed E-state index contributed by atoms with van der Waals surface area (Å²) in [7, 11) is -2.14. The molecule has 0 aromatic rings. The van der Waals surface area contributed by atoms with Crippen molar-refractivity contribution in [3.8, 4) is 0 Å². The molecule has 144 valence electrons. The third-order valence-corrected chi connectivity index (χ3v) is 7.78. The Morgan fingerprint density at radius 2 is 1.88 bits per heavy atom. The van der Waals surface area contributed by atoms with E-state index >= 15 is 0 Å². The van der Waals surface area contributed by atoms with Crippen LogP contribution in [0.25, 0.3) is 0 Å². The van der Waals surface area contributed by atoms with E-state index in [2.05, 4.69) is 0 Å². The minimum Gasteiger partial charge on any atom is -0.465 e. The van der Waals surface area contributed by atoms with Gasteiger partial charge in [0.15, 0.2) is 0 Å².